The summed E-state index contributed by atoms with van der Waals surface area (Å²) in [6, 6.07) is 5.05. The van der Waals surface area contributed by atoms with E-state index in [2.05, 4.69) is 27.9 Å². The van der Waals surface area contributed by atoms with Gasteiger partial charge < -0.3 is 16.0 Å². The Hall–Kier alpha value is -1.95. The average Bonchev–Trinajstić information content (AvgIpc) is 2.45. The summed E-state index contributed by atoms with van der Waals surface area (Å²) in [6.07, 6.45) is 2.60. The first kappa shape index (κ1) is 15.1. The van der Waals surface area contributed by atoms with Crippen molar-refractivity contribution < 1.29 is 9.59 Å². The van der Waals surface area contributed by atoms with Crippen LogP contribution < -0.4 is 16.0 Å². The van der Waals surface area contributed by atoms with Gasteiger partial charge in [0.05, 0.1) is 6.54 Å². The quantitative estimate of drug-likeness (QED) is 0.574. The van der Waals surface area contributed by atoms with Crippen molar-refractivity contribution in [2.75, 3.05) is 26.2 Å². The van der Waals surface area contributed by atoms with Crippen molar-refractivity contribution >= 4 is 11.8 Å². The zero-order valence-electron chi connectivity index (χ0n) is 11.1. The van der Waals surface area contributed by atoms with E-state index in [1.165, 1.54) is 6.20 Å². The lowest BCUT2D eigenvalue weighted by molar-refractivity contribution is -0.120. The second-order valence-corrected chi connectivity index (χ2v) is 4.00. The summed E-state index contributed by atoms with van der Waals surface area (Å²) in [6.45, 7) is 4.26. The second kappa shape index (κ2) is 9.04. The SMILES string of the molecule is CCCNCCNC(=O)CNC(=O)c1ccccn1. The normalized spacial score (nSPS) is 9.95. The molecule has 0 aliphatic rings. The molecule has 0 fully saturated rings. The first-order valence-electron chi connectivity index (χ1n) is 6.40. The number of nitrogens with zero attached hydrogens (tertiary/aromatic N) is 1. The maximum Gasteiger partial charge on any atom is 0.270 e. The number of rotatable bonds is 8. The Balaban J connectivity index is 2.15. The molecule has 3 N–H and O–H groups in total. The van der Waals surface area contributed by atoms with Gasteiger partial charge in [-0.3, -0.25) is 14.6 Å². The molecule has 2 amide bonds. The molecule has 0 spiro atoms. The molecule has 0 radical (unpaired) electrons. The fraction of sp³-hybridized carbons (Fsp3) is 0.462. The fourth-order valence-corrected chi connectivity index (χ4v) is 1.40. The van der Waals surface area contributed by atoms with Crippen molar-refractivity contribution in [3.05, 3.63) is 30.1 Å². The largest absolute Gasteiger partial charge is 0.353 e. The van der Waals surface area contributed by atoms with Crippen molar-refractivity contribution in [1.82, 2.24) is 20.9 Å². The summed E-state index contributed by atoms with van der Waals surface area (Å²) < 4.78 is 0. The molecule has 0 atom stereocenters. The maximum atomic E-state index is 11.6. The predicted molar refractivity (Wildman–Crippen MR) is 72.7 cm³/mol. The summed E-state index contributed by atoms with van der Waals surface area (Å²) in [4.78, 5) is 26.9. The van der Waals surface area contributed by atoms with Gasteiger partial charge in [0.15, 0.2) is 0 Å². The van der Waals surface area contributed by atoms with Gasteiger partial charge in [-0.15, -0.1) is 0 Å². The van der Waals surface area contributed by atoms with Crippen LogP contribution in [0.25, 0.3) is 0 Å². The van der Waals surface area contributed by atoms with E-state index >= 15 is 0 Å². The summed E-state index contributed by atoms with van der Waals surface area (Å²) in [5.74, 6) is -0.553. The van der Waals surface area contributed by atoms with Gasteiger partial charge in [-0.05, 0) is 25.1 Å². The standard InChI is InChI=1S/C13H20N4O2/c1-2-6-14-8-9-16-12(18)10-17-13(19)11-5-3-4-7-15-11/h3-5,7,14H,2,6,8-10H2,1H3,(H,16,18)(H,17,19). The van der Waals surface area contributed by atoms with Gasteiger partial charge in [-0.1, -0.05) is 13.0 Å². The zero-order valence-corrected chi connectivity index (χ0v) is 11.1. The van der Waals surface area contributed by atoms with E-state index in [1.54, 1.807) is 18.2 Å². The van der Waals surface area contributed by atoms with Crippen LogP contribution in [0.1, 0.15) is 23.8 Å². The highest BCUT2D eigenvalue weighted by atomic mass is 16.2. The van der Waals surface area contributed by atoms with Gasteiger partial charge in [0.2, 0.25) is 5.91 Å². The molecule has 0 saturated heterocycles. The molecule has 19 heavy (non-hydrogen) atoms. The third kappa shape index (κ3) is 6.52. The minimum absolute atomic E-state index is 0.0385. The molecule has 0 aromatic carbocycles. The number of pyridine rings is 1. The van der Waals surface area contributed by atoms with Crippen LogP contribution in [0.5, 0.6) is 0 Å². The maximum absolute atomic E-state index is 11.6. The van der Waals surface area contributed by atoms with Gasteiger partial charge in [-0.25, -0.2) is 0 Å². The second-order valence-electron chi connectivity index (χ2n) is 4.00. The van der Waals surface area contributed by atoms with Crippen LogP contribution in [0.3, 0.4) is 0 Å². The molecule has 1 aromatic rings. The Morgan fingerprint density at radius 3 is 2.68 bits per heavy atom. The van der Waals surface area contributed by atoms with Crippen LogP contribution >= 0.6 is 0 Å². The summed E-state index contributed by atoms with van der Waals surface area (Å²) in [7, 11) is 0. The smallest absolute Gasteiger partial charge is 0.270 e. The van der Waals surface area contributed by atoms with Gasteiger partial charge >= 0.3 is 0 Å². The molecule has 6 heteroatoms. The van der Waals surface area contributed by atoms with Crippen molar-refractivity contribution in [2.45, 2.75) is 13.3 Å². The lowest BCUT2D eigenvalue weighted by atomic mass is 10.3. The van der Waals surface area contributed by atoms with E-state index in [4.69, 9.17) is 0 Å². The first-order chi connectivity index (χ1) is 9.24. The van der Waals surface area contributed by atoms with E-state index in [0.717, 1.165) is 19.5 Å². The summed E-state index contributed by atoms with van der Waals surface area (Å²) in [5.41, 5.74) is 0.305. The lowest BCUT2D eigenvalue weighted by Gasteiger charge is -2.07. The molecule has 1 heterocycles. The molecule has 0 unspecified atom stereocenters. The minimum atomic E-state index is -0.347. The molecule has 104 valence electrons. The van der Waals surface area contributed by atoms with Crippen molar-refractivity contribution in [2.24, 2.45) is 0 Å². The molecule has 6 nitrogen and oxygen atoms in total. The predicted octanol–water partition coefficient (Wildman–Crippen LogP) is -0.0728. The van der Waals surface area contributed by atoms with Crippen molar-refractivity contribution in [1.29, 1.82) is 0 Å². The van der Waals surface area contributed by atoms with Gasteiger partial charge in [0.1, 0.15) is 5.69 Å². The van der Waals surface area contributed by atoms with Gasteiger partial charge in [0, 0.05) is 19.3 Å². The van der Waals surface area contributed by atoms with E-state index in [0.29, 0.717) is 12.2 Å². The molecular formula is C13H20N4O2. The molecule has 1 rings (SSSR count). The Kier molecular flexibility index (Phi) is 7.19. The Morgan fingerprint density at radius 1 is 1.16 bits per heavy atom. The monoisotopic (exact) mass is 264 g/mol. The van der Waals surface area contributed by atoms with Crippen LogP contribution in [0.15, 0.2) is 24.4 Å². The number of hydrogen-bond acceptors (Lipinski definition) is 4. The third-order valence-corrected chi connectivity index (χ3v) is 2.36. The third-order valence-electron chi connectivity index (χ3n) is 2.36. The molecular weight excluding hydrogens is 244 g/mol. The minimum Gasteiger partial charge on any atom is -0.353 e. The highest BCUT2D eigenvalue weighted by Crippen LogP contribution is 1.91. The topological polar surface area (TPSA) is 83.1 Å². The van der Waals surface area contributed by atoms with Crippen LogP contribution in [0.4, 0.5) is 0 Å². The summed E-state index contributed by atoms with van der Waals surface area (Å²) in [5, 5.41) is 8.40. The van der Waals surface area contributed by atoms with E-state index in [-0.39, 0.29) is 18.4 Å². The Morgan fingerprint density at radius 2 is 2.00 bits per heavy atom. The molecule has 0 bridgehead atoms. The van der Waals surface area contributed by atoms with Crippen LogP contribution in [-0.4, -0.2) is 43.0 Å². The number of carbonyl (C=O) groups excluding carboxylic acids is 2. The van der Waals surface area contributed by atoms with Gasteiger partial charge in [0.25, 0.3) is 5.91 Å². The van der Waals surface area contributed by atoms with E-state index < -0.39 is 0 Å². The van der Waals surface area contributed by atoms with E-state index in [9.17, 15) is 9.59 Å². The molecule has 0 aliphatic heterocycles. The number of aromatic nitrogens is 1. The number of nitrogens with one attached hydrogen (secondary N) is 3. The van der Waals surface area contributed by atoms with Crippen LogP contribution in [0.2, 0.25) is 0 Å². The molecule has 0 saturated carbocycles. The summed E-state index contributed by atoms with van der Waals surface area (Å²) >= 11 is 0. The lowest BCUT2D eigenvalue weighted by Crippen LogP contribution is -2.39. The van der Waals surface area contributed by atoms with Crippen LogP contribution in [0, 0.1) is 0 Å². The van der Waals surface area contributed by atoms with E-state index in [1.807, 2.05) is 0 Å². The number of amides is 2. The fourth-order valence-electron chi connectivity index (χ4n) is 1.40. The van der Waals surface area contributed by atoms with Crippen molar-refractivity contribution in [3.8, 4) is 0 Å². The van der Waals surface area contributed by atoms with Crippen molar-refractivity contribution in [3.63, 3.8) is 0 Å². The highest BCUT2D eigenvalue weighted by molar-refractivity contribution is 5.94. The molecule has 0 aliphatic carbocycles. The number of carbonyl (C=O) groups is 2. The Bertz CT molecular complexity index is 395. The molecule has 1 aromatic heterocycles. The number of hydrogen-bond donors (Lipinski definition) is 3. The Labute approximate surface area is 113 Å². The van der Waals surface area contributed by atoms with Gasteiger partial charge in [-0.2, -0.15) is 0 Å². The highest BCUT2D eigenvalue weighted by Gasteiger charge is 2.07. The zero-order chi connectivity index (χ0) is 13.9. The average molecular weight is 264 g/mol. The first-order valence-corrected chi connectivity index (χ1v) is 6.40. The van der Waals surface area contributed by atoms with Crippen LogP contribution in [-0.2, 0) is 4.79 Å².